The predicted octanol–water partition coefficient (Wildman–Crippen LogP) is 2.39. The molecule has 3 rings (SSSR count). The Morgan fingerprint density at radius 2 is 1.80 bits per heavy atom. The number of nitrogens with one attached hydrogen (secondary N) is 1. The molecule has 7 nitrogen and oxygen atoms in total. The number of aromatic nitrogens is 2. The molecule has 4 N–H and O–H groups in total. The van der Waals surface area contributed by atoms with Gasteiger partial charge in [0.2, 0.25) is 0 Å². The molecule has 0 saturated heterocycles. The van der Waals surface area contributed by atoms with Crippen LogP contribution in [0.1, 0.15) is 0 Å². The number of nitrogens with zero attached hydrogens (tertiary/aromatic N) is 2. The Morgan fingerprint density at radius 3 is 2.48 bits per heavy atom. The molecule has 130 valence electrons. The number of fused-ring (bicyclic) bond motifs is 1. The summed E-state index contributed by atoms with van der Waals surface area (Å²) >= 11 is 0. The Morgan fingerprint density at radius 1 is 1.08 bits per heavy atom. The molecule has 0 aliphatic rings. The van der Waals surface area contributed by atoms with Gasteiger partial charge in [0.15, 0.2) is 17.3 Å². The van der Waals surface area contributed by atoms with Crippen molar-refractivity contribution >= 4 is 16.7 Å². The molecule has 0 aliphatic carbocycles. The van der Waals surface area contributed by atoms with Crippen molar-refractivity contribution in [1.82, 2.24) is 9.97 Å². The van der Waals surface area contributed by atoms with E-state index < -0.39 is 0 Å². The molecule has 0 bridgehead atoms. The highest BCUT2D eigenvalue weighted by atomic mass is 16.5. The molecule has 1 aromatic heterocycles. The maximum Gasteiger partial charge on any atom is 0.165 e. The van der Waals surface area contributed by atoms with Gasteiger partial charge in [0, 0.05) is 24.5 Å². The third-order valence-corrected chi connectivity index (χ3v) is 3.78. The SMILES string of the molecule is COc1cc2nc(-c3ccccc3O)nc(NCCN)c2cc1OC. The molecule has 0 atom stereocenters. The zero-order chi connectivity index (χ0) is 17.8. The van der Waals surface area contributed by atoms with Crippen molar-refractivity contribution in [2.75, 3.05) is 32.6 Å². The van der Waals surface area contributed by atoms with Crippen molar-refractivity contribution in [3.05, 3.63) is 36.4 Å². The van der Waals surface area contributed by atoms with Gasteiger partial charge in [-0.25, -0.2) is 9.97 Å². The third kappa shape index (κ3) is 3.27. The molecule has 2 aromatic carbocycles. The summed E-state index contributed by atoms with van der Waals surface area (Å²) < 4.78 is 10.7. The monoisotopic (exact) mass is 340 g/mol. The van der Waals surface area contributed by atoms with E-state index in [0.717, 1.165) is 5.39 Å². The summed E-state index contributed by atoms with van der Waals surface area (Å²) in [6.07, 6.45) is 0. The van der Waals surface area contributed by atoms with Crippen LogP contribution in [-0.2, 0) is 0 Å². The average Bonchev–Trinajstić information content (AvgIpc) is 2.65. The van der Waals surface area contributed by atoms with Crippen LogP contribution in [0.4, 0.5) is 5.82 Å². The molecule has 25 heavy (non-hydrogen) atoms. The van der Waals surface area contributed by atoms with E-state index in [1.165, 1.54) is 0 Å². The van der Waals surface area contributed by atoms with Gasteiger partial charge in [-0.3, -0.25) is 0 Å². The van der Waals surface area contributed by atoms with Crippen molar-refractivity contribution in [3.63, 3.8) is 0 Å². The number of anilines is 1. The maximum atomic E-state index is 10.1. The van der Waals surface area contributed by atoms with Gasteiger partial charge in [-0.05, 0) is 18.2 Å². The lowest BCUT2D eigenvalue weighted by atomic mass is 10.1. The van der Waals surface area contributed by atoms with Crippen molar-refractivity contribution in [2.24, 2.45) is 5.73 Å². The van der Waals surface area contributed by atoms with E-state index in [9.17, 15) is 5.11 Å². The van der Waals surface area contributed by atoms with Crippen LogP contribution < -0.4 is 20.5 Å². The molecule has 0 aliphatic heterocycles. The minimum Gasteiger partial charge on any atom is -0.507 e. The van der Waals surface area contributed by atoms with Crippen LogP contribution in [0.25, 0.3) is 22.3 Å². The lowest BCUT2D eigenvalue weighted by molar-refractivity contribution is 0.356. The van der Waals surface area contributed by atoms with Gasteiger partial charge in [-0.2, -0.15) is 0 Å². The second-order valence-corrected chi connectivity index (χ2v) is 5.35. The van der Waals surface area contributed by atoms with Gasteiger partial charge in [0.05, 0.1) is 25.3 Å². The second-order valence-electron chi connectivity index (χ2n) is 5.35. The number of aromatic hydroxyl groups is 1. The molecule has 7 heteroatoms. The van der Waals surface area contributed by atoms with E-state index in [1.807, 2.05) is 12.1 Å². The standard InChI is InChI=1S/C18H20N4O3/c1-24-15-9-12-13(10-16(15)25-2)21-18(22-17(12)20-8-7-19)11-5-3-4-6-14(11)23/h3-6,9-10,23H,7-8,19H2,1-2H3,(H,20,21,22). The number of phenols is 1. The quantitative estimate of drug-likeness (QED) is 0.633. The van der Waals surface area contributed by atoms with Crippen LogP contribution in [0.15, 0.2) is 36.4 Å². The smallest absolute Gasteiger partial charge is 0.165 e. The summed E-state index contributed by atoms with van der Waals surface area (Å²) in [5.41, 5.74) is 6.83. The summed E-state index contributed by atoms with van der Waals surface area (Å²) in [5, 5.41) is 14.1. The summed E-state index contributed by atoms with van der Waals surface area (Å²) in [6, 6.07) is 10.6. The number of methoxy groups -OCH3 is 2. The summed E-state index contributed by atoms with van der Waals surface area (Å²) in [4.78, 5) is 9.15. The lowest BCUT2D eigenvalue weighted by Crippen LogP contribution is -2.14. The first-order valence-corrected chi connectivity index (χ1v) is 7.84. The normalized spacial score (nSPS) is 10.7. The first kappa shape index (κ1) is 16.8. The van der Waals surface area contributed by atoms with Crippen LogP contribution >= 0.6 is 0 Å². The Balaban J connectivity index is 2.25. The molecule has 0 spiro atoms. The molecule has 1 heterocycles. The van der Waals surface area contributed by atoms with Crippen LogP contribution in [0.5, 0.6) is 17.2 Å². The van der Waals surface area contributed by atoms with E-state index in [2.05, 4.69) is 15.3 Å². The van der Waals surface area contributed by atoms with Gasteiger partial charge < -0.3 is 25.6 Å². The number of nitrogens with two attached hydrogens (primary N) is 1. The van der Waals surface area contributed by atoms with Crippen molar-refractivity contribution in [3.8, 4) is 28.6 Å². The molecule has 0 amide bonds. The number of para-hydroxylation sites is 1. The fourth-order valence-electron chi connectivity index (χ4n) is 2.56. The van der Waals surface area contributed by atoms with Gasteiger partial charge in [0.1, 0.15) is 11.6 Å². The Bertz CT molecular complexity index is 899. The van der Waals surface area contributed by atoms with Crippen LogP contribution in [-0.4, -0.2) is 42.4 Å². The van der Waals surface area contributed by atoms with Gasteiger partial charge >= 0.3 is 0 Å². The second kappa shape index (κ2) is 7.23. The molecular weight excluding hydrogens is 320 g/mol. The molecular formula is C18H20N4O3. The summed E-state index contributed by atoms with van der Waals surface area (Å²) in [7, 11) is 3.15. The van der Waals surface area contributed by atoms with Crippen molar-refractivity contribution in [1.29, 1.82) is 0 Å². The average molecular weight is 340 g/mol. The number of ether oxygens (including phenoxy) is 2. The molecule has 0 fully saturated rings. The van der Waals surface area contributed by atoms with E-state index >= 15 is 0 Å². The maximum absolute atomic E-state index is 10.1. The van der Waals surface area contributed by atoms with Crippen molar-refractivity contribution in [2.45, 2.75) is 0 Å². The highest BCUT2D eigenvalue weighted by molar-refractivity contribution is 5.93. The molecule has 0 unspecified atom stereocenters. The van der Waals surface area contributed by atoms with Crippen LogP contribution in [0.2, 0.25) is 0 Å². The Hall–Kier alpha value is -3.06. The number of rotatable bonds is 6. The van der Waals surface area contributed by atoms with Crippen molar-refractivity contribution < 1.29 is 14.6 Å². The van der Waals surface area contributed by atoms with Gasteiger partial charge in [-0.1, -0.05) is 12.1 Å². The highest BCUT2D eigenvalue weighted by Gasteiger charge is 2.15. The number of hydrogen-bond donors (Lipinski definition) is 3. The van der Waals surface area contributed by atoms with Crippen LogP contribution in [0.3, 0.4) is 0 Å². The Labute approximate surface area is 145 Å². The van der Waals surface area contributed by atoms with Gasteiger partial charge in [0.25, 0.3) is 0 Å². The zero-order valence-electron chi connectivity index (χ0n) is 14.1. The fraction of sp³-hybridized carbons (Fsp3) is 0.222. The van der Waals surface area contributed by atoms with Crippen LogP contribution in [0, 0.1) is 0 Å². The Kier molecular flexibility index (Phi) is 4.85. The highest BCUT2D eigenvalue weighted by Crippen LogP contribution is 2.36. The van der Waals surface area contributed by atoms with E-state index in [4.69, 9.17) is 15.2 Å². The first-order chi connectivity index (χ1) is 12.2. The summed E-state index contributed by atoms with van der Waals surface area (Å²) in [5.74, 6) is 2.31. The largest absolute Gasteiger partial charge is 0.507 e. The van der Waals surface area contributed by atoms with E-state index in [-0.39, 0.29) is 5.75 Å². The predicted molar refractivity (Wildman–Crippen MR) is 97.3 cm³/mol. The van der Waals surface area contributed by atoms with Gasteiger partial charge in [-0.15, -0.1) is 0 Å². The first-order valence-electron chi connectivity index (χ1n) is 7.84. The molecule has 3 aromatic rings. The minimum atomic E-state index is 0.118. The fourth-order valence-corrected chi connectivity index (χ4v) is 2.56. The molecule has 0 radical (unpaired) electrons. The van der Waals surface area contributed by atoms with E-state index in [0.29, 0.717) is 47.3 Å². The zero-order valence-corrected chi connectivity index (χ0v) is 14.1. The molecule has 0 saturated carbocycles. The number of hydrogen-bond acceptors (Lipinski definition) is 7. The minimum absolute atomic E-state index is 0.118. The number of phenolic OH excluding ortho intramolecular Hbond substituents is 1. The third-order valence-electron chi connectivity index (χ3n) is 3.78. The summed E-state index contributed by atoms with van der Waals surface area (Å²) in [6.45, 7) is 1.02. The van der Waals surface area contributed by atoms with E-state index in [1.54, 1.807) is 38.5 Å². The number of benzene rings is 2. The lowest BCUT2D eigenvalue weighted by Gasteiger charge is -2.14. The topological polar surface area (TPSA) is 103 Å².